The topological polar surface area (TPSA) is 57.8 Å². The van der Waals surface area contributed by atoms with E-state index in [0.29, 0.717) is 5.69 Å². The van der Waals surface area contributed by atoms with Gasteiger partial charge in [0.15, 0.2) is 0 Å². The molecule has 0 saturated heterocycles. The standard InChI is InChI=1S/C15H12IN3O/c1-9-7-10(16)4-5-11(9)19-15(20)14-8-13-12(18-14)3-2-6-17-13/h2-8,18H,1H3,(H,19,20). The molecule has 1 aromatic carbocycles. The molecule has 0 atom stereocenters. The number of benzene rings is 1. The van der Waals surface area contributed by atoms with E-state index in [9.17, 15) is 4.79 Å². The quantitative estimate of drug-likeness (QED) is 0.669. The molecule has 0 bridgehead atoms. The van der Waals surface area contributed by atoms with E-state index in [4.69, 9.17) is 0 Å². The van der Waals surface area contributed by atoms with E-state index in [1.54, 1.807) is 12.3 Å². The molecule has 2 N–H and O–H groups in total. The van der Waals surface area contributed by atoms with Gasteiger partial charge in [-0.05, 0) is 71.5 Å². The minimum atomic E-state index is -0.160. The van der Waals surface area contributed by atoms with E-state index in [-0.39, 0.29) is 5.91 Å². The number of carbonyl (C=O) groups is 1. The fourth-order valence-corrected chi connectivity index (χ4v) is 2.68. The number of halogens is 1. The number of fused-ring (bicyclic) bond motifs is 1. The van der Waals surface area contributed by atoms with Gasteiger partial charge in [-0.15, -0.1) is 0 Å². The summed E-state index contributed by atoms with van der Waals surface area (Å²) >= 11 is 2.25. The van der Waals surface area contributed by atoms with Crippen LogP contribution in [0.15, 0.2) is 42.6 Å². The van der Waals surface area contributed by atoms with Gasteiger partial charge in [-0.25, -0.2) is 0 Å². The number of amides is 1. The van der Waals surface area contributed by atoms with Crippen LogP contribution in [-0.2, 0) is 0 Å². The van der Waals surface area contributed by atoms with Crippen molar-refractivity contribution in [2.45, 2.75) is 6.92 Å². The summed E-state index contributed by atoms with van der Waals surface area (Å²) in [5, 5.41) is 2.91. The zero-order valence-electron chi connectivity index (χ0n) is 10.8. The Labute approximate surface area is 129 Å². The van der Waals surface area contributed by atoms with Crippen molar-refractivity contribution in [1.29, 1.82) is 0 Å². The molecule has 1 amide bonds. The Morgan fingerprint density at radius 3 is 2.90 bits per heavy atom. The maximum atomic E-state index is 12.2. The van der Waals surface area contributed by atoms with Crippen molar-refractivity contribution in [1.82, 2.24) is 9.97 Å². The van der Waals surface area contributed by atoms with Gasteiger partial charge in [0.1, 0.15) is 5.69 Å². The monoisotopic (exact) mass is 377 g/mol. The average molecular weight is 377 g/mol. The second-order valence-corrected chi connectivity index (χ2v) is 5.78. The zero-order chi connectivity index (χ0) is 14.1. The normalized spacial score (nSPS) is 10.7. The van der Waals surface area contributed by atoms with Gasteiger partial charge in [0.05, 0.1) is 11.0 Å². The number of H-pyrrole nitrogens is 1. The third-order valence-corrected chi connectivity index (χ3v) is 3.74. The molecule has 0 spiro atoms. The summed E-state index contributed by atoms with van der Waals surface area (Å²) in [5.74, 6) is -0.160. The molecule has 3 rings (SSSR count). The van der Waals surface area contributed by atoms with Crippen molar-refractivity contribution in [3.63, 3.8) is 0 Å². The van der Waals surface area contributed by atoms with E-state index < -0.39 is 0 Å². The highest BCUT2D eigenvalue weighted by molar-refractivity contribution is 14.1. The number of rotatable bonds is 2. The molecule has 0 aliphatic rings. The second kappa shape index (κ2) is 5.24. The highest BCUT2D eigenvalue weighted by atomic mass is 127. The number of aromatic nitrogens is 2. The first kappa shape index (κ1) is 13.1. The molecular weight excluding hydrogens is 365 g/mol. The van der Waals surface area contributed by atoms with E-state index in [1.165, 1.54) is 0 Å². The van der Waals surface area contributed by atoms with Gasteiger partial charge in [-0.3, -0.25) is 9.78 Å². The predicted octanol–water partition coefficient (Wildman–Crippen LogP) is 3.73. The van der Waals surface area contributed by atoms with Crippen LogP contribution in [0.2, 0.25) is 0 Å². The molecule has 0 saturated carbocycles. The maximum absolute atomic E-state index is 12.2. The Hall–Kier alpha value is -1.89. The summed E-state index contributed by atoms with van der Waals surface area (Å²) in [7, 11) is 0. The Bertz CT molecular complexity index is 762. The lowest BCUT2D eigenvalue weighted by atomic mass is 10.2. The summed E-state index contributed by atoms with van der Waals surface area (Å²) in [5.41, 5.74) is 4.02. The number of hydrogen-bond donors (Lipinski definition) is 2. The summed E-state index contributed by atoms with van der Waals surface area (Å²) in [6.45, 7) is 1.98. The summed E-state index contributed by atoms with van der Waals surface area (Å²) < 4.78 is 1.15. The van der Waals surface area contributed by atoms with E-state index >= 15 is 0 Å². The van der Waals surface area contributed by atoms with Gasteiger partial charge in [0, 0.05) is 15.5 Å². The first-order valence-corrected chi connectivity index (χ1v) is 7.22. The number of carbonyl (C=O) groups excluding carboxylic acids is 1. The minimum Gasteiger partial charge on any atom is -0.349 e. The molecule has 0 fully saturated rings. The van der Waals surface area contributed by atoms with Gasteiger partial charge in [0.25, 0.3) is 5.91 Å². The average Bonchev–Trinajstić information content (AvgIpc) is 2.86. The zero-order valence-corrected chi connectivity index (χ0v) is 12.9. The van der Waals surface area contributed by atoms with Crippen molar-refractivity contribution in [3.8, 4) is 0 Å². The molecule has 2 heterocycles. The molecule has 0 aliphatic carbocycles. The van der Waals surface area contributed by atoms with Crippen molar-refractivity contribution in [2.24, 2.45) is 0 Å². The fraction of sp³-hybridized carbons (Fsp3) is 0.0667. The Balaban J connectivity index is 1.89. The number of hydrogen-bond acceptors (Lipinski definition) is 2. The molecule has 20 heavy (non-hydrogen) atoms. The SMILES string of the molecule is Cc1cc(I)ccc1NC(=O)c1cc2ncccc2[nH]1. The second-order valence-electron chi connectivity index (χ2n) is 4.53. The molecule has 0 unspecified atom stereocenters. The smallest absolute Gasteiger partial charge is 0.272 e. The van der Waals surface area contributed by atoms with Crippen LogP contribution in [0.3, 0.4) is 0 Å². The highest BCUT2D eigenvalue weighted by Gasteiger charge is 2.11. The van der Waals surface area contributed by atoms with Crippen LogP contribution < -0.4 is 5.32 Å². The van der Waals surface area contributed by atoms with Crippen LogP contribution in [0.1, 0.15) is 16.1 Å². The molecule has 0 aliphatic heterocycles. The maximum Gasteiger partial charge on any atom is 0.272 e. The van der Waals surface area contributed by atoms with Crippen molar-refractivity contribution in [2.75, 3.05) is 5.32 Å². The van der Waals surface area contributed by atoms with Crippen LogP contribution in [-0.4, -0.2) is 15.9 Å². The molecule has 5 heteroatoms. The van der Waals surface area contributed by atoms with Crippen molar-refractivity contribution < 1.29 is 4.79 Å². The third kappa shape index (κ3) is 2.53. The largest absolute Gasteiger partial charge is 0.349 e. The first-order chi connectivity index (χ1) is 9.63. The van der Waals surface area contributed by atoms with E-state index in [0.717, 1.165) is 25.9 Å². The summed E-state index contributed by atoms with van der Waals surface area (Å²) in [6.07, 6.45) is 1.71. The number of pyridine rings is 1. The van der Waals surface area contributed by atoms with Crippen LogP contribution >= 0.6 is 22.6 Å². The van der Waals surface area contributed by atoms with Crippen LogP contribution in [0.4, 0.5) is 5.69 Å². The number of nitrogens with zero attached hydrogens (tertiary/aromatic N) is 1. The Kier molecular flexibility index (Phi) is 3.43. The highest BCUT2D eigenvalue weighted by Crippen LogP contribution is 2.19. The number of aryl methyl sites for hydroxylation is 1. The van der Waals surface area contributed by atoms with Gasteiger partial charge >= 0.3 is 0 Å². The van der Waals surface area contributed by atoms with E-state index in [2.05, 4.69) is 37.9 Å². The van der Waals surface area contributed by atoms with Crippen molar-refractivity contribution in [3.05, 3.63) is 57.4 Å². The van der Waals surface area contributed by atoms with Gasteiger partial charge in [-0.2, -0.15) is 0 Å². The first-order valence-electron chi connectivity index (χ1n) is 6.15. The Morgan fingerprint density at radius 2 is 2.15 bits per heavy atom. The van der Waals surface area contributed by atoms with Gasteiger partial charge in [-0.1, -0.05) is 0 Å². The molecule has 3 aromatic rings. The van der Waals surface area contributed by atoms with Crippen LogP contribution in [0, 0.1) is 10.5 Å². The summed E-state index contributed by atoms with van der Waals surface area (Å²) in [4.78, 5) is 19.5. The van der Waals surface area contributed by atoms with Gasteiger partial charge < -0.3 is 10.3 Å². The molecule has 0 radical (unpaired) electrons. The lowest BCUT2D eigenvalue weighted by Crippen LogP contribution is -2.13. The van der Waals surface area contributed by atoms with Gasteiger partial charge in [0.2, 0.25) is 0 Å². The summed E-state index contributed by atoms with van der Waals surface area (Å²) in [6, 6.07) is 11.4. The Morgan fingerprint density at radius 1 is 1.30 bits per heavy atom. The van der Waals surface area contributed by atoms with Crippen LogP contribution in [0.25, 0.3) is 11.0 Å². The third-order valence-electron chi connectivity index (χ3n) is 3.07. The molecule has 100 valence electrons. The van der Waals surface area contributed by atoms with Crippen molar-refractivity contribution >= 4 is 45.2 Å². The molecular formula is C15H12IN3O. The predicted molar refractivity (Wildman–Crippen MR) is 87.9 cm³/mol. The van der Waals surface area contributed by atoms with E-state index in [1.807, 2.05) is 37.3 Å². The fourth-order valence-electron chi connectivity index (χ4n) is 2.04. The number of anilines is 1. The molecule has 2 aromatic heterocycles. The van der Waals surface area contributed by atoms with Crippen LogP contribution in [0.5, 0.6) is 0 Å². The number of nitrogens with one attached hydrogen (secondary N) is 2. The molecule has 4 nitrogen and oxygen atoms in total. The minimum absolute atomic E-state index is 0.160. The lowest BCUT2D eigenvalue weighted by Gasteiger charge is -2.07. The lowest BCUT2D eigenvalue weighted by molar-refractivity contribution is 0.102. The number of aromatic amines is 1.